The lowest BCUT2D eigenvalue weighted by molar-refractivity contribution is -0.140. The van der Waals surface area contributed by atoms with E-state index in [1.807, 2.05) is 6.92 Å². The second kappa shape index (κ2) is 5.85. The Kier molecular flexibility index (Phi) is 4.32. The summed E-state index contributed by atoms with van der Waals surface area (Å²) in [5.74, 6) is -1.36. The normalized spacial score (nSPS) is 13.4. The second-order valence-electron chi connectivity index (χ2n) is 4.62. The Labute approximate surface area is 118 Å². The maximum absolute atomic E-state index is 13.3. The van der Waals surface area contributed by atoms with Crippen LogP contribution in [0.3, 0.4) is 0 Å². The van der Waals surface area contributed by atoms with Crippen molar-refractivity contribution in [2.75, 3.05) is 0 Å². The predicted octanol–water partition coefficient (Wildman–Crippen LogP) is 3.53. The van der Waals surface area contributed by atoms with Gasteiger partial charge < -0.3 is 5.11 Å². The molecule has 2 rings (SSSR count). The summed E-state index contributed by atoms with van der Waals surface area (Å²) in [6, 6.07) is 4.00. The third-order valence-electron chi connectivity index (χ3n) is 3.08. The number of aryl methyl sites for hydroxylation is 1. The van der Waals surface area contributed by atoms with Gasteiger partial charge in [0.05, 0.1) is 11.3 Å². The lowest BCUT2D eigenvalue weighted by Gasteiger charge is -2.16. The van der Waals surface area contributed by atoms with Crippen molar-refractivity contribution in [2.45, 2.75) is 32.2 Å². The number of alkyl halides is 3. The van der Waals surface area contributed by atoms with E-state index in [2.05, 4.69) is 5.10 Å². The molecule has 0 aliphatic carbocycles. The zero-order chi connectivity index (χ0) is 15.6. The molecule has 0 spiro atoms. The Morgan fingerprint density at radius 2 is 2.00 bits per heavy atom. The van der Waals surface area contributed by atoms with E-state index in [1.54, 1.807) is 0 Å². The average molecular weight is 302 g/mol. The summed E-state index contributed by atoms with van der Waals surface area (Å²) in [5.41, 5.74) is -1.04. The quantitative estimate of drug-likeness (QED) is 0.877. The Balaban J connectivity index is 2.40. The molecule has 0 aliphatic rings. The van der Waals surface area contributed by atoms with Gasteiger partial charge in [-0.1, -0.05) is 13.0 Å². The summed E-state index contributed by atoms with van der Waals surface area (Å²) < 4.78 is 52.9. The molecule has 0 saturated heterocycles. The molecule has 0 saturated carbocycles. The van der Waals surface area contributed by atoms with E-state index in [4.69, 9.17) is 0 Å². The second-order valence-corrected chi connectivity index (χ2v) is 4.62. The number of halogens is 4. The molecule has 1 aromatic heterocycles. The molecule has 3 nitrogen and oxygen atoms in total. The lowest BCUT2D eigenvalue weighted by atomic mass is 10.0. The van der Waals surface area contributed by atoms with Crippen LogP contribution in [0.25, 0.3) is 0 Å². The largest absolute Gasteiger partial charge is 0.419 e. The van der Waals surface area contributed by atoms with Crippen LogP contribution >= 0.6 is 0 Å². The summed E-state index contributed by atoms with van der Waals surface area (Å²) in [6.45, 7) is 2.45. The van der Waals surface area contributed by atoms with Gasteiger partial charge in [0.15, 0.2) is 0 Å². The first-order valence-electron chi connectivity index (χ1n) is 6.41. The SMILES string of the molecule is CCCn1nccc1C(O)c1ccc(F)c(C(F)(F)F)c1. The van der Waals surface area contributed by atoms with E-state index in [0.717, 1.165) is 12.5 Å². The van der Waals surface area contributed by atoms with Crippen LogP contribution in [0.4, 0.5) is 17.6 Å². The fraction of sp³-hybridized carbons (Fsp3) is 0.357. The highest BCUT2D eigenvalue weighted by molar-refractivity contribution is 5.32. The predicted molar refractivity (Wildman–Crippen MR) is 68.0 cm³/mol. The molecule has 0 bridgehead atoms. The van der Waals surface area contributed by atoms with Gasteiger partial charge >= 0.3 is 6.18 Å². The summed E-state index contributed by atoms with van der Waals surface area (Å²) in [5, 5.41) is 14.2. The molecule has 0 radical (unpaired) electrons. The highest BCUT2D eigenvalue weighted by atomic mass is 19.4. The van der Waals surface area contributed by atoms with E-state index in [-0.39, 0.29) is 5.56 Å². The number of rotatable bonds is 4. The van der Waals surface area contributed by atoms with E-state index in [1.165, 1.54) is 16.9 Å². The fourth-order valence-electron chi connectivity index (χ4n) is 2.07. The smallest absolute Gasteiger partial charge is 0.382 e. The van der Waals surface area contributed by atoms with E-state index < -0.39 is 23.7 Å². The van der Waals surface area contributed by atoms with Gasteiger partial charge in [0.1, 0.15) is 11.9 Å². The Hall–Kier alpha value is -1.89. The molecule has 0 aliphatic heterocycles. The van der Waals surface area contributed by atoms with Crippen LogP contribution in [-0.2, 0) is 12.7 Å². The molecule has 1 N–H and O–H groups in total. The Bertz CT molecular complexity index is 622. The maximum atomic E-state index is 13.3. The third kappa shape index (κ3) is 3.24. The monoisotopic (exact) mass is 302 g/mol. The van der Waals surface area contributed by atoms with Crippen LogP contribution in [0, 0.1) is 5.82 Å². The van der Waals surface area contributed by atoms with Gasteiger partial charge in [0.25, 0.3) is 0 Å². The summed E-state index contributed by atoms with van der Waals surface area (Å²) in [4.78, 5) is 0. The highest BCUT2D eigenvalue weighted by Gasteiger charge is 2.34. The van der Waals surface area contributed by atoms with Crippen molar-refractivity contribution >= 4 is 0 Å². The molecule has 114 valence electrons. The van der Waals surface area contributed by atoms with Crippen molar-refractivity contribution in [1.29, 1.82) is 0 Å². The highest BCUT2D eigenvalue weighted by Crippen LogP contribution is 2.34. The molecule has 21 heavy (non-hydrogen) atoms. The van der Waals surface area contributed by atoms with Crippen LogP contribution in [-0.4, -0.2) is 14.9 Å². The first-order chi connectivity index (χ1) is 9.84. The number of aliphatic hydroxyl groups excluding tert-OH is 1. The topological polar surface area (TPSA) is 38.0 Å². The molecule has 0 amide bonds. The minimum absolute atomic E-state index is 0.0263. The van der Waals surface area contributed by atoms with Crippen LogP contribution < -0.4 is 0 Å². The van der Waals surface area contributed by atoms with E-state index in [0.29, 0.717) is 24.4 Å². The van der Waals surface area contributed by atoms with Crippen molar-refractivity contribution in [2.24, 2.45) is 0 Å². The number of nitrogens with zero attached hydrogens (tertiary/aromatic N) is 2. The molecule has 1 heterocycles. The standard InChI is InChI=1S/C14H14F4N2O/c1-2-7-20-12(5-6-19-20)13(21)9-3-4-11(15)10(8-9)14(16,17)18/h3-6,8,13,21H,2,7H2,1H3. The van der Waals surface area contributed by atoms with Crippen molar-refractivity contribution < 1.29 is 22.7 Å². The van der Waals surface area contributed by atoms with Crippen molar-refractivity contribution in [3.8, 4) is 0 Å². The summed E-state index contributed by atoms with van der Waals surface area (Å²) in [6.07, 6.45) is -3.87. The molecule has 2 aromatic rings. The van der Waals surface area contributed by atoms with E-state index >= 15 is 0 Å². The number of hydrogen-bond acceptors (Lipinski definition) is 2. The Morgan fingerprint density at radius 1 is 1.29 bits per heavy atom. The molecular weight excluding hydrogens is 288 g/mol. The van der Waals surface area contributed by atoms with Gasteiger partial charge in [-0.2, -0.15) is 18.3 Å². The zero-order valence-electron chi connectivity index (χ0n) is 11.2. The van der Waals surface area contributed by atoms with Crippen molar-refractivity contribution in [3.63, 3.8) is 0 Å². The molecule has 1 aromatic carbocycles. The van der Waals surface area contributed by atoms with Crippen LogP contribution in [0.5, 0.6) is 0 Å². The molecule has 0 fully saturated rings. The summed E-state index contributed by atoms with van der Waals surface area (Å²) in [7, 11) is 0. The number of aliphatic hydroxyl groups is 1. The van der Waals surface area contributed by atoms with Gasteiger partial charge in [-0.25, -0.2) is 4.39 Å². The number of hydrogen-bond donors (Lipinski definition) is 1. The third-order valence-corrected chi connectivity index (χ3v) is 3.08. The fourth-order valence-corrected chi connectivity index (χ4v) is 2.07. The van der Waals surface area contributed by atoms with Crippen molar-refractivity contribution in [3.05, 3.63) is 53.1 Å². The lowest BCUT2D eigenvalue weighted by Crippen LogP contribution is -2.13. The van der Waals surface area contributed by atoms with Crippen molar-refractivity contribution in [1.82, 2.24) is 9.78 Å². The minimum Gasteiger partial charge on any atom is -0.382 e. The maximum Gasteiger partial charge on any atom is 0.419 e. The average Bonchev–Trinajstić information content (AvgIpc) is 2.86. The first-order valence-corrected chi connectivity index (χ1v) is 6.41. The van der Waals surface area contributed by atoms with Gasteiger partial charge in [0, 0.05) is 12.7 Å². The van der Waals surface area contributed by atoms with Crippen LogP contribution in [0.15, 0.2) is 30.5 Å². The van der Waals surface area contributed by atoms with Gasteiger partial charge in [-0.15, -0.1) is 0 Å². The summed E-state index contributed by atoms with van der Waals surface area (Å²) >= 11 is 0. The minimum atomic E-state index is -4.80. The number of aromatic nitrogens is 2. The molecule has 1 atom stereocenters. The van der Waals surface area contributed by atoms with Crippen LogP contribution in [0.1, 0.15) is 36.3 Å². The zero-order valence-corrected chi connectivity index (χ0v) is 11.2. The first kappa shape index (κ1) is 15.5. The van der Waals surface area contributed by atoms with Gasteiger partial charge in [-0.3, -0.25) is 4.68 Å². The van der Waals surface area contributed by atoms with E-state index in [9.17, 15) is 22.7 Å². The van der Waals surface area contributed by atoms with Crippen LogP contribution in [0.2, 0.25) is 0 Å². The molecule has 7 heteroatoms. The molecular formula is C14H14F4N2O. The number of benzene rings is 1. The van der Waals surface area contributed by atoms with Gasteiger partial charge in [0.2, 0.25) is 0 Å². The van der Waals surface area contributed by atoms with Gasteiger partial charge in [-0.05, 0) is 30.2 Å². The molecule has 1 unspecified atom stereocenters. The Morgan fingerprint density at radius 3 is 2.62 bits per heavy atom.